The van der Waals surface area contributed by atoms with E-state index in [9.17, 15) is 4.79 Å². The van der Waals surface area contributed by atoms with Crippen molar-refractivity contribution in [2.45, 2.75) is 97.0 Å². The standard InChI is InChI=1S/C19H37BrO3/c1-3-5-7-9-12-16-22-18(14-6-4-2)19(21)23-17-13-10-8-11-15-20/h18H,3-17H2,1-2H3. The second kappa shape index (κ2) is 18.3. The molecule has 0 saturated carbocycles. The van der Waals surface area contributed by atoms with E-state index in [1.807, 2.05) is 0 Å². The normalized spacial score (nSPS) is 12.3. The van der Waals surface area contributed by atoms with Gasteiger partial charge in [0.1, 0.15) is 0 Å². The maximum Gasteiger partial charge on any atom is 0.335 e. The molecule has 0 aromatic rings. The summed E-state index contributed by atoms with van der Waals surface area (Å²) in [6, 6.07) is 0. The van der Waals surface area contributed by atoms with E-state index >= 15 is 0 Å². The van der Waals surface area contributed by atoms with Gasteiger partial charge in [0.05, 0.1) is 6.61 Å². The maximum atomic E-state index is 12.1. The molecule has 1 unspecified atom stereocenters. The second-order valence-corrected chi connectivity index (χ2v) is 6.98. The molecule has 1 atom stereocenters. The van der Waals surface area contributed by atoms with Gasteiger partial charge in [-0.1, -0.05) is 81.1 Å². The first kappa shape index (κ1) is 22.9. The highest BCUT2D eigenvalue weighted by atomic mass is 79.9. The Hall–Kier alpha value is -0.0900. The highest BCUT2D eigenvalue weighted by Crippen LogP contribution is 2.10. The predicted octanol–water partition coefficient (Wildman–Crippen LogP) is 6.03. The Labute approximate surface area is 152 Å². The van der Waals surface area contributed by atoms with Gasteiger partial charge in [-0.2, -0.15) is 0 Å². The fourth-order valence-electron chi connectivity index (χ4n) is 2.41. The van der Waals surface area contributed by atoms with Gasteiger partial charge >= 0.3 is 5.97 Å². The zero-order valence-corrected chi connectivity index (χ0v) is 16.9. The summed E-state index contributed by atoms with van der Waals surface area (Å²) >= 11 is 3.43. The van der Waals surface area contributed by atoms with Crippen molar-refractivity contribution in [2.75, 3.05) is 18.5 Å². The minimum Gasteiger partial charge on any atom is -0.464 e. The molecule has 0 radical (unpaired) electrons. The van der Waals surface area contributed by atoms with Crippen LogP contribution in [0.2, 0.25) is 0 Å². The minimum absolute atomic E-state index is 0.160. The number of unbranched alkanes of at least 4 members (excludes halogenated alkanes) is 8. The summed E-state index contributed by atoms with van der Waals surface area (Å²) in [6.45, 7) is 5.56. The molecule has 0 aromatic carbocycles. The molecule has 0 heterocycles. The number of esters is 1. The Morgan fingerprint density at radius 3 is 2.09 bits per heavy atom. The van der Waals surface area contributed by atoms with Crippen LogP contribution in [0, 0.1) is 0 Å². The van der Waals surface area contributed by atoms with Crippen molar-refractivity contribution in [3.8, 4) is 0 Å². The van der Waals surface area contributed by atoms with E-state index in [0.29, 0.717) is 13.2 Å². The van der Waals surface area contributed by atoms with Gasteiger partial charge in [0.25, 0.3) is 0 Å². The minimum atomic E-state index is -0.358. The highest BCUT2D eigenvalue weighted by Gasteiger charge is 2.19. The zero-order chi connectivity index (χ0) is 17.2. The fourth-order valence-corrected chi connectivity index (χ4v) is 2.80. The van der Waals surface area contributed by atoms with Gasteiger partial charge in [-0.05, 0) is 25.7 Å². The number of carbonyl (C=O) groups excluding carboxylic acids is 1. The van der Waals surface area contributed by atoms with E-state index in [1.54, 1.807) is 0 Å². The Morgan fingerprint density at radius 1 is 0.826 bits per heavy atom. The molecule has 0 amide bonds. The van der Waals surface area contributed by atoms with Crippen molar-refractivity contribution in [1.29, 1.82) is 0 Å². The van der Waals surface area contributed by atoms with Crippen LogP contribution in [0.15, 0.2) is 0 Å². The number of rotatable bonds is 17. The van der Waals surface area contributed by atoms with Gasteiger partial charge in [-0.3, -0.25) is 0 Å². The molecule has 0 aliphatic rings. The van der Waals surface area contributed by atoms with Crippen LogP contribution in [0.25, 0.3) is 0 Å². The Kier molecular flexibility index (Phi) is 18.2. The quantitative estimate of drug-likeness (QED) is 0.172. The van der Waals surface area contributed by atoms with Crippen LogP contribution in [0.4, 0.5) is 0 Å². The third-order valence-electron chi connectivity index (χ3n) is 3.92. The molecule has 0 bridgehead atoms. The Balaban J connectivity index is 3.84. The average molecular weight is 393 g/mol. The SMILES string of the molecule is CCCCCCCOC(CCCC)C(=O)OCCCCCCBr. The van der Waals surface area contributed by atoms with E-state index in [2.05, 4.69) is 29.8 Å². The largest absolute Gasteiger partial charge is 0.464 e. The summed E-state index contributed by atoms with van der Waals surface area (Å²) in [4.78, 5) is 12.1. The smallest absolute Gasteiger partial charge is 0.335 e. The monoisotopic (exact) mass is 392 g/mol. The van der Waals surface area contributed by atoms with Crippen molar-refractivity contribution >= 4 is 21.9 Å². The van der Waals surface area contributed by atoms with Crippen LogP contribution < -0.4 is 0 Å². The van der Waals surface area contributed by atoms with Crippen LogP contribution in [0.3, 0.4) is 0 Å². The van der Waals surface area contributed by atoms with Crippen LogP contribution >= 0.6 is 15.9 Å². The summed E-state index contributed by atoms with van der Waals surface area (Å²) in [5.41, 5.74) is 0. The predicted molar refractivity (Wildman–Crippen MR) is 101 cm³/mol. The molecule has 23 heavy (non-hydrogen) atoms. The summed E-state index contributed by atoms with van der Waals surface area (Å²) in [6.07, 6.45) is 13.0. The first-order valence-electron chi connectivity index (χ1n) is 9.60. The Morgan fingerprint density at radius 2 is 1.43 bits per heavy atom. The summed E-state index contributed by atoms with van der Waals surface area (Å²) in [5, 5.41) is 1.05. The molecule has 0 aliphatic carbocycles. The zero-order valence-electron chi connectivity index (χ0n) is 15.3. The number of alkyl halides is 1. The lowest BCUT2D eigenvalue weighted by atomic mass is 10.1. The summed E-state index contributed by atoms with van der Waals surface area (Å²) in [5.74, 6) is -0.160. The lowest BCUT2D eigenvalue weighted by molar-refractivity contribution is -0.158. The van der Waals surface area contributed by atoms with Crippen LogP contribution in [-0.4, -0.2) is 30.6 Å². The molecular weight excluding hydrogens is 356 g/mol. The molecular formula is C19H37BrO3. The molecule has 3 nitrogen and oxygen atoms in total. The van der Waals surface area contributed by atoms with Crippen LogP contribution in [-0.2, 0) is 14.3 Å². The van der Waals surface area contributed by atoms with Crippen molar-refractivity contribution in [2.24, 2.45) is 0 Å². The molecule has 0 N–H and O–H groups in total. The lowest BCUT2D eigenvalue weighted by Gasteiger charge is -2.16. The van der Waals surface area contributed by atoms with E-state index in [-0.39, 0.29) is 12.1 Å². The van der Waals surface area contributed by atoms with E-state index in [1.165, 1.54) is 38.5 Å². The summed E-state index contributed by atoms with van der Waals surface area (Å²) < 4.78 is 11.2. The average Bonchev–Trinajstić information content (AvgIpc) is 2.56. The van der Waals surface area contributed by atoms with Gasteiger partial charge in [0.2, 0.25) is 0 Å². The van der Waals surface area contributed by atoms with Gasteiger partial charge < -0.3 is 9.47 Å². The topological polar surface area (TPSA) is 35.5 Å². The van der Waals surface area contributed by atoms with E-state index in [0.717, 1.165) is 43.9 Å². The van der Waals surface area contributed by atoms with Gasteiger partial charge in [0, 0.05) is 11.9 Å². The molecule has 0 rings (SSSR count). The lowest BCUT2D eigenvalue weighted by Crippen LogP contribution is -2.27. The van der Waals surface area contributed by atoms with Crippen molar-refractivity contribution in [3.05, 3.63) is 0 Å². The molecule has 0 fully saturated rings. The maximum absolute atomic E-state index is 12.1. The number of hydrogen-bond acceptors (Lipinski definition) is 3. The molecule has 138 valence electrons. The first-order chi connectivity index (χ1) is 11.3. The van der Waals surface area contributed by atoms with Crippen molar-refractivity contribution in [1.82, 2.24) is 0 Å². The fraction of sp³-hybridized carbons (Fsp3) is 0.947. The van der Waals surface area contributed by atoms with Crippen LogP contribution in [0.1, 0.15) is 90.9 Å². The molecule has 0 saturated heterocycles. The molecule has 0 aliphatic heterocycles. The molecule has 0 spiro atoms. The number of hydrogen-bond donors (Lipinski definition) is 0. The molecule has 0 aromatic heterocycles. The number of carbonyl (C=O) groups is 1. The molecule has 4 heteroatoms. The van der Waals surface area contributed by atoms with Crippen LogP contribution in [0.5, 0.6) is 0 Å². The van der Waals surface area contributed by atoms with Gasteiger partial charge in [0.15, 0.2) is 6.10 Å². The summed E-state index contributed by atoms with van der Waals surface area (Å²) in [7, 11) is 0. The van der Waals surface area contributed by atoms with Gasteiger partial charge in [-0.25, -0.2) is 4.79 Å². The Bertz CT molecular complexity index is 259. The van der Waals surface area contributed by atoms with Gasteiger partial charge in [-0.15, -0.1) is 0 Å². The number of halogens is 1. The highest BCUT2D eigenvalue weighted by molar-refractivity contribution is 9.09. The number of ether oxygens (including phenoxy) is 2. The van der Waals surface area contributed by atoms with Crippen molar-refractivity contribution < 1.29 is 14.3 Å². The third kappa shape index (κ3) is 15.2. The van der Waals surface area contributed by atoms with Crippen molar-refractivity contribution in [3.63, 3.8) is 0 Å². The second-order valence-electron chi connectivity index (χ2n) is 6.19. The van der Waals surface area contributed by atoms with E-state index in [4.69, 9.17) is 9.47 Å². The third-order valence-corrected chi connectivity index (χ3v) is 4.48. The first-order valence-corrected chi connectivity index (χ1v) is 10.7. The van der Waals surface area contributed by atoms with E-state index < -0.39 is 0 Å².